The first kappa shape index (κ1) is 22.3. The van der Waals surface area contributed by atoms with E-state index in [1.165, 1.54) is 12.1 Å². The van der Waals surface area contributed by atoms with Crippen LogP contribution in [-0.2, 0) is 6.54 Å². The molecule has 0 N–H and O–H groups in total. The van der Waals surface area contributed by atoms with Gasteiger partial charge in [0.1, 0.15) is 17.7 Å². The number of likely N-dealkylation sites (tertiary alicyclic amines) is 1. The van der Waals surface area contributed by atoms with Crippen molar-refractivity contribution in [3.05, 3.63) is 65.5 Å². The van der Waals surface area contributed by atoms with E-state index in [2.05, 4.69) is 25.7 Å². The number of amides is 1. The van der Waals surface area contributed by atoms with Crippen molar-refractivity contribution >= 4 is 5.91 Å². The van der Waals surface area contributed by atoms with Gasteiger partial charge in [0.15, 0.2) is 0 Å². The smallest absolute Gasteiger partial charge is 0.254 e. The molecule has 30 heavy (non-hydrogen) atoms. The van der Waals surface area contributed by atoms with Crippen LogP contribution in [0.3, 0.4) is 0 Å². The maximum Gasteiger partial charge on any atom is 0.254 e. The van der Waals surface area contributed by atoms with Gasteiger partial charge in [0.05, 0.1) is 0 Å². The van der Waals surface area contributed by atoms with Crippen LogP contribution in [0.4, 0.5) is 4.39 Å². The van der Waals surface area contributed by atoms with Gasteiger partial charge in [-0.25, -0.2) is 4.39 Å². The molecule has 0 aromatic heterocycles. The number of hydrogen-bond donors (Lipinski definition) is 0. The standard InChI is InChI=1S/C25H33FN2O2/c1-25(2,3)18-28-14-12-22(13-15-28)30-23-7-5-6-20(16-23)24(29)27(4)17-19-8-10-21(26)11-9-19/h5-11,16,22H,12-15,17-18H2,1-4H3. The lowest BCUT2D eigenvalue weighted by Gasteiger charge is -2.36. The van der Waals surface area contributed by atoms with Crippen molar-refractivity contribution in [1.82, 2.24) is 9.80 Å². The van der Waals surface area contributed by atoms with E-state index in [9.17, 15) is 9.18 Å². The zero-order valence-corrected chi connectivity index (χ0v) is 18.5. The highest BCUT2D eigenvalue weighted by atomic mass is 19.1. The molecule has 1 fully saturated rings. The summed E-state index contributed by atoms with van der Waals surface area (Å²) in [5.74, 6) is 0.386. The molecule has 0 spiro atoms. The van der Waals surface area contributed by atoms with Crippen LogP contribution in [0.15, 0.2) is 48.5 Å². The number of halogens is 1. The third-order valence-corrected chi connectivity index (χ3v) is 5.30. The number of hydrogen-bond acceptors (Lipinski definition) is 3. The number of carbonyl (C=O) groups is 1. The van der Waals surface area contributed by atoms with Crippen LogP contribution in [-0.4, -0.2) is 48.5 Å². The molecule has 1 heterocycles. The minimum absolute atomic E-state index is 0.0789. The fourth-order valence-electron chi connectivity index (χ4n) is 3.91. The highest BCUT2D eigenvalue weighted by molar-refractivity contribution is 5.94. The highest BCUT2D eigenvalue weighted by Crippen LogP contribution is 2.23. The van der Waals surface area contributed by atoms with E-state index in [0.717, 1.165) is 43.8 Å². The molecule has 0 radical (unpaired) electrons. The van der Waals surface area contributed by atoms with Crippen LogP contribution in [0.2, 0.25) is 0 Å². The van der Waals surface area contributed by atoms with Gasteiger partial charge < -0.3 is 14.5 Å². The molecule has 3 rings (SSSR count). The average Bonchev–Trinajstić information content (AvgIpc) is 2.70. The van der Waals surface area contributed by atoms with E-state index < -0.39 is 0 Å². The van der Waals surface area contributed by atoms with Gasteiger partial charge in [-0.15, -0.1) is 0 Å². The largest absolute Gasteiger partial charge is 0.490 e. The lowest BCUT2D eigenvalue weighted by Crippen LogP contribution is -2.42. The second kappa shape index (κ2) is 9.61. The quantitative estimate of drug-likeness (QED) is 0.670. The zero-order chi connectivity index (χ0) is 21.7. The van der Waals surface area contributed by atoms with E-state index >= 15 is 0 Å². The number of benzene rings is 2. The second-order valence-electron chi connectivity index (χ2n) is 9.47. The Hall–Kier alpha value is -2.40. The molecule has 5 heteroatoms. The van der Waals surface area contributed by atoms with E-state index in [-0.39, 0.29) is 17.8 Å². The molecule has 1 amide bonds. The highest BCUT2D eigenvalue weighted by Gasteiger charge is 2.24. The third kappa shape index (κ3) is 6.56. The minimum Gasteiger partial charge on any atom is -0.490 e. The number of nitrogens with zero attached hydrogens (tertiary/aromatic N) is 2. The van der Waals surface area contributed by atoms with Crippen molar-refractivity contribution < 1.29 is 13.9 Å². The van der Waals surface area contributed by atoms with Crippen LogP contribution in [0.1, 0.15) is 49.5 Å². The van der Waals surface area contributed by atoms with Crippen LogP contribution in [0.25, 0.3) is 0 Å². The lowest BCUT2D eigenvalue weighted by atomic mass is 9.94. The molecule has 0 unspecified atom stereocenters. The van der Waals surface area contributed by atoms with Crippen LogP contribution in [0.5, 0.6) is 5.75 Å². The molecule has 162 valence electrons. The first-order chi connectivity index (χ1) is 14.2. The monoisotopic (exact) mass is 412 g/mol. The van der Waals surface area contributed by atoms with E-state index in [1.807, 2.05) is 24.3 Å². The summed E-state index contributed by atoms with van der Waals surface area (Å²) in [4.78, 5) is 17.0. The van der Waals surface area contributed by atoms with E-state index in [1.54, 1.807) is 24.1 Å². The Labute approximate surface area is 179 Å². The number of piperidine rings is 1. The number of carbonyl (C=O) groups excluding carboxylic acids is 1. The first-order valence-electron chi connectivity index (χ1n) is 10.7. The van der Waals surface area contributed by atoms with Crippen molar-refractivity contribution in [2.75, 3.05) is 26.7 Å². The molecule has 0 saturated carbocycles. The molecule has 0 aliphatic carbocycles. The fraction of sp³-hybridized carbons (Fsp3) is 0.480. The summed E-state index contributed by atoms with van der Waals surface area (Å²) in [6, 6.07) is 13.6. The molecule has 2 aromatic carbocycles. The van der Waals surface area contributed by atoms with Gasteiger partial charge >= 0.3 is 0 Å². The summed E-state index contributed by atoms with van der Waals surface area (Å²) in [6.07, 6.45) is 2.18. The van der Waals surface area contributed by atoms with Crippen molar-refractivity contribution in [3.63, 3.8) is 0 Å². The predicted octanol–water partition coefficient (Wildman–Crippen LogP) is 4.99. The molecule has 1 aliphatic heterocycles. The van der Waals surface area contributed by atoms with Gasteiger partial charge in [-0.1, -0.05) is 39.0 Å². The van der Waals surface area contributed by atoms with Gasteiger partial charge in [-0.3, -0.25) is 4.79 Å². The summed E-state index contributed by atoms with van der Waals surface area (Å²) >= 11 is 0. The fourth-order valence-corrected chi connectivity index (χ4v) is 3.91. The maximum atomic E-state index is 13.1. The Morgan fingerprint density at radius 1 is 1.13 bits per heavy atom. The Balaban J connectivity index is 1.55. The maximum absolute atomic E-state index is 13.1. The lowest BCUT2D eigenvalue weighted by molar-refractivity contribution is 0.0773. The summed E-state index contributed by atoms with van der Waals surface area (Å²) in [7, 11) is 1.75. The van der Waals surface area contributed by atoms with Crippen molar-refractivity contribution in [1.29, 1.82) is 0 Å². The second-order valence-corrected chi connectivity index (χ2v) is 9.47. The molecular weight excluding hydrogens is 379 g/mol. The Bertz CT molecular complexity index is 837. The molecule has 1 saturated heterocycles. The molecule has 0 atom stereocenters. The van der Waals surface area contributed by atoms with Crippen molar-refractivity contribution in [2.24, 2.45) is 5.41 Å². The van der Waals surface area contributed by atoms with Crippen LogP contribution in [0, 0.1) is 11.2 Å². The van der Waals surface area contributed by atoms with E-state index in [4.69, 9.17) is 4.74 Å². The minimum atomic E-state index is -0.276. The van der Waals surface area contributed by atoms with Gasteiger partial charge in [0.25, 0.3) is 5.91 Å². The Morgan fingerprint density at radius 3 is 2.43 bits per heavy atom. The number of ether oxygens (including phenoxy) is 1. The average molecular weight is 413 g/mol. The molecule has 2 aromatic rings. The molecule has 1 aliphatic rings. The SMILES string of the molecule is CN(Cc1ccc(F)cc1)C(=O)c1cccc(OC2CCN(CC(C)(C)C)CC2)c1. The third-order valence-electron chi connectivity index (χ3n) is 5.30. The summed E-state index contributed by atoms with van der Waals surface area (Å²) in [6.45, 7) is 10.4. The van der Waals surface area contributed by atoms with Crippen molar-refractivity contribution in [2.45, 2.75) is 46.3 Å². The Morgan fingerprint density at radius 2 is 1.80 bits per heavy atom. The van der Waals surface area contributed by atoms with Gasteiger partial charge in [-0.05, 0) is 54.2 Å². The first-order valence-corrected chi connectivity index (χ1v) is 10.7. The van der Waals surface area contributed by atoms with Crippen LogP contribution < -0.4 is 4.74 Å². The predicted molar refractivity (Wildman–Crippen MR) is 118 cm³/mol. The topological polar surface area (TPSA) is 32.8 Å². The van der Waals surface area contributed by atoms with Crippen molar-refractivity contribution in [3.8, 4) is 5.75 Å². The van der Waals surface area contributed by atoms with Gasteiger partial charge in [0, 0.05) is 38.8 Å². The Kier molecular flexibility index (Phi) is 7.14. The van der Waals surface area contributed by atoms with Gasteiger partial charge in [-0.2, -0.15) is 0 Å². The summed E-state index contributed by atoms with van der Waals surface area (Å²) < 4.78 is 19.3. The molecule has 4 nitrogen and oxygen atoms in total. The normalized spacial score (nSPS) is 15.8. The van der Waals surface area contributed by atoms with Crippen LogP contribution >= 0.6 is 0 Å². The molecular formula is C25H33FN2O2. The summed E-state index contributed by atoms with van der Waals surface area (Å²) in [5.41, 5.74) is 1.80. The number of rotatable bonds is 6. The summed E-state index contributed by atoms with van der Waals surface area (Å²) in [5, 5.41) is 0. The van der Waals surface area contributed by atoms with E-state index in [0.29, 0.717) is 17.5 Å². The molecule has 0 bridgehead atoms. The zero-order valence-electron chi connectivity index (χ0n) is 18.5. The van der Waals surface area contributed by atoms with Gasteiger partial charge in [0.2, 0.25) is 0 Å².